The van der Waals surface area contributed by atoms with Gasteiger partial charge in [0.15, 0.2) is 0 Å². The van der Waals surface area contributed by atoms with Crippen molar-refractivity contribution in [2.75, 3.05) is 11.4 Å². The molecule has 2 rings (SSSR count). The fraction of sp³-hybridized carbons (Fsp3) is 0.625. The van der Waals surface area contributed by atoms with Crippen LogP contribution in [-0.2, 0) is 6.61 Å². The minimum Gasteiger partial charge on any atom is -0.392 e. The number of aliphatic hydroxyl groups excluding tert-OH is 1. The van der Waals surface area contributed by atoms with Crippen LogP contribution in [-0.4, -0.2) is 17.7 Å². The Morgan fingerprint density at radius 3 is 2.83 bits per heavy atom. The lowest BCUT2D eigenvalue weighted by Crippen LogP contribution is -2.39. The van der Waals surface area contributed by atoms with E-state index >= 15 is 0 Å². The molecule has 0 radical (unpaired) electrons. The molecule has 0 bridgehead atoms. The minimum atomic E-state index is 0.143. The van der Waals surface area contributed by atoms with E-state index in [1.165, 1.54) is 49.9 Å². The third kappa shape index (κ3) is 2.86. The van der Waals surface area contributed by atoms with Gasteiger partial charge in [-0.1, -0.05) is 19.4 Å². The summed E-state index contributed by atoms with van der Waals surface area (Å²) in [5.41, 5.74) is 3.58. The van der Waals surface area contributed by atoms with Crippen LogP contribution in [0.25, 0.3) is 0 Å². The first-order chi connectivity index (χ1) is 8.76. The Hall–Kier alpha value is -1.02. The number of piperidine rings is 1. The summed E-state index contributed by atoms with van der Waals surface area (Å²) in [6, 6.07) is 7.19. The Bertz CT molecular complexity index is 387. The molecule has 1 fully saturated rings. The molecule has 1 N–H and O–H groups in total. The molecule has 1 atom stereocenters. The van der Waals surface area contributed by atoms with Crippen LogP contribution in [0.4, 0.5) is 5.69 Å². The number of hydrogen-bond acceptors (Lipinski definition) is 2. The van der Waals surface area contributed by atoms with Gasteiger partial charge >= 0.3 is 0 Å². The Balaban J connectivity index is 2.19. The zero-order chi connectivity index (χ0) is 13.0. The topological polar surface area (TPSA) is 23.5 Å². The zero-order valence-electron chi connectivity index (χ0n) is 11.7. The Labute approximate surface area is 111 Å². The molecule has 1 saturated heterocycles. The lowest BCUT2D eigenvalue weighted by molar-refractivity contribution is 0.281. The summed E-state index contributed by atoms with van der Waals surface area (Å²) < 4.78 is 0. The van der Waals surface area contributed by atoms with Crippen molar-refractivity contribution in [2.45, 2.75) is 58.6 Å². The van der Waals surface area contributed by atoms with E-state index in [9.17, 15) is 5.11 Å². The van der Waals surface area contributed by atoms with Crippen molar-refractivity contribution in [3.05, 3.63) is 29.3 Å². The van der Waals surface area contributed by atoms with E-state index in [-0.39, 0.29) is 6.61 Å². The third-order valence-corrected chi connectivity index (χ3v) is 4.08. The van der Waals surface area contributed by atoms with Crippen molar-refractivity contribution in [3.8, 4) is 0 Å². The second-order valence-corrected chi connectivity index (χ2v) is 5.40. The van der Waals surface area contributed by atoms with Crippen molar-refractivity contribution < 1.29 is 5.11 Å². The highest BCUT2D eigenvalue weighted by Gasteiger charge is 2.21. The lowest BCUT2D eigenvalue weighted by atomic mass is 9.96. The molecule has 1 aromatic carbocycles. The molecular weight excluding hydrogens is 222 g/mol. The van der Waals surface area contributed by atoms with Crippen molar-refractivity contribution >= 4 is 5.69 Å². The first-order valence-corrected chi connectivity index (χ1v) is 7.23. The van der Waals surface area contributed by atoms with E-state index in [2.05, 4.69) is 36.9 Å². The summed E-state index contributed by atoms with van der Waals surface area (Å²) in [5, 5.41) is 9.24. The molecule has 2 heteroatoms. The van der Waals surface area contributed by atoms with Crippen LogP contribution >= 0.6 is 0 Å². The molecule has 100 valence electrons. The van der Waals surface area contributed by atoms with Gasteiger partial charge in [-0.15, -0.1) is 0 Å². The quantitative estimate of drug-likeness (QED) is 0.878. The normalized spacial score (nSPS) is 20.2. The van der Waals surface area contributed by atoms with Crippen molar-refractivity contribution in [1.29, 1.82) is 0 Å². The van der Waals surface area contributed by atoms with Gasteiger partial charge in [0.1, 0.15) is 0 Å². The van der Waals surface area contributed by atoms with Gasteiger partial charge in [-0.05, 0) is 55.9 Å². The number of hydrogen-bond donors (Lipinski definition) is 1. The van der Waals surface area contributed by atoms with E-state index < -0.39 is 0 Å². The highest BCUT2D eigenvalue weighted by Crippen LogP contribution is 2.28. The molecule has 0 saturated carbocycles. The van der Waals surface area contributed by atoms with Crippen molar-refractivity contribution in [2.24, 2.45) is 0 Å². The van der Waals surface area contributed by atoms with Gasteiger partial charge in [0.05, 0.1) is 6.61 Å². The summed E-state index contributed by atoms with van der Waals surface area (Å²) in [5.74, 6) is 0. The van der Waals surface area contributed by atoms with Crippen LogP contribution in [0.2, 0.25) is 0 Å². The van der Waals surface area contributed by atoms with E-state index in [0.717, 1.165) is 5.56 Å². The Morgan fingerprint density at radius 1 is 1.33 bits per heavy atom. The number of nitrogens with zero attached hydrogens (tertiary/aromatic N) is 1. The number of aliphatic hydroxyl groups is 1. The molecule has 1 aliphatic heterocycles. The summed E-state index contributed by atoms with van der Waals surface area (Å²) in [6.07, 6.45) is 6.56. The van der Waals surface area contributed by atoms with Gasteiger partial charge in [0.25, 0.3) is 0 Å². The zero-order valence-corrected chi connectivity index (χ0v) is 11.7. The van der Waals surface area contributed by atoms with Crippen LogP contribution in [0, 0.1) is 6.92 Å². The molecule has 0 amide bonds. The van der Waals surface area contributed by atoms with Gasteiger partial charge in [-0.2, -0.15) is 0 Å². The first kappa shape index (κ1) is 13.4. The maximum atomic E-state index is 9.24. The van der Waals surface area contributed by atoms with Crippen molar-refractivity contribution in [3.63, 3.8) is 0 Å². The number of aryl methyl sites for hydroxylation is 1. The predicted molar refractivity (Wildman–Crippen MR) is 77.0 cm³/mol. The van der Waals surface area contributed by atoms with Gasteiger partial charge < -0.3 is 10.0 Å². The Morgan fingerprint density at radius 2 is 2.17 bits per heavy atom. The van der Waals surface area contributed by atoms with Crippen LogP contribution in [0.3, 0.4) is 0 Å². The summed E-state index contributed by atoms with van der Waals surface area (Å²) in [4.78, 5) is 2.57. The molecule has 1 aromatic rings. The van der Waals surface area contributed by atoms with Gasteiger partial charge in [0, 0.05) is 18.3 Å². The smallest absolute Gasteiger partial charge is 0.0684 e. The molecule has 2 nitrogen and oxygen atoms in total. The third-order valence-electron chi connectivity index (χ3n) is 4.08. The molecule has 18 heavy (non-hydrogen) atoms. The van der Waals surface area contributed by atoms with Gasteiger partial charge in [-0.25, -0.2) is 0 Å². The van der Waals surface area contributed by atoms with Crippen LogP contribution in [0.5, 0.6) is 0 Å². The molecule has 0 spiro atoms. The molecular formula is C16H25NO. The van der Waals surface area contributed by atoms with E-state index in [0.29, 0.717) is 6.04 Å². The fourth-order valence-electron chi connectivity index (χ4n) is 3.01. The average Bonchev–Trinajstić information content (AvgIpc) is 2.40. The van der Waals surface area contributed by atoms with Crippen molar-refractivity contribution in [1.82, 2.24) is 0 Å². The van der Waals surface area contributed by atoms with Gasteiger partial charge in [0.2, 0.25) is 0 Å². The van der Waals surface area contributed by atoms with Gasteiger partial charge in [-0.3, -0.25) is 0 Å². The molecule has 1 aliphatic rings. The highest BCUT2D eigenvalue weighted by atomic mass is 16.3. The number of benzene rings is 1. The highest BCUT2D eigenvalue weighted by molar-refractivity contribution is 5.52. The summed E-state index contributed by atoms with van der Waals surface area (Å²) >= 11 is 0. The van der Waals surface area contributed by atoms with Crippen LogP contribution in [0.15, 0.2) is 18.2 Å². The SMILES string of the molecule is CCCC1CCCCN1c1ccc(CO)c(C)c1. The van der Waals surface area contributed by atoms with E-state index in [1.54, 1.807) is 0 Å². The summed E-state index contributed by atoms with van der Waals surface area (Å²) in [7, 11) is 0. The largest absolute Gasteiger partial charge is 0.392 e. The standard InChI is InChI=1S/C16H25NO/c1-3-6-15-7-4-5-10-17(15)16-9-8-14(12-18)13(2)11-16/h8-9,11,15,18H,3-7,10,12H2,1-2H3. The van der Waals surface area contributed by atoms with Crippen LogP contribution < -0.4 is 4.90 Å². The maximum Gasteiger partial charge on any atom is 0.0684 e. The molecule has 1 unspecified atom stereocenters. The molecule has 1 heterocycles. The number of rotatable bonds is 4. The van der Waals surface area contributed by atoms with Crippen LogP contribution in [0.1, 0.15) is 50.2 Å². The number of anilines is 1. The minimum absolute atomic E-state index is 0.143. The monoisotopic (exact) mass is 247 g/mol. The fourth-order valence-corrected chi connectivity index (χ4v) is 3.01. The first-order valence-electron chi connectivity index (χ1n) is 7.23. The molecule has 0 aliphatic carbocycles. The average molecular weight is 247 g/mol. The summed E-state index contributed by atoms with van der Waals surface area (Å²) in [6.45, 7) is 5.69. The lowest BCUT2D eigenvalue weighted by Gasteiger charge is -2.38. The predicted octanol–water partition coefficient (Wildman–Crippen LogP) is 3.65. The molecule has 0 aromatic heterocycles. The Kier molecular flexibility index (Phi) is 4.65. The van der Waals surface area contributed by atoms with E-state index in [4.69, 9.17) is 0 Å². The van der Waals surface area contributed by atoms with E-state index in [1.807, 2.05) is 0 Å². The second-order valence-electron chi connectivity index (χ2n) is 5.40. The second kappa shape index (κ2) is 6.24. The maximum absolute atomic E-state index is 9.24.